The molecule has 120 valence electrons. The van der Waals surface area contributed by atoms with Crippen molar-refractivity contribution in [1.82, 2.24) is 5.43 Å². The van der Waals surface area contributed by atoms with E-state index < -0.39 is 6.04 Å². The zero-order valence-electron chi connectivity index (χ0n) is 12.9. The second-order valence-corrected chi connectivity index (χ2v) is 5.23. The number of nitrogens with one attached hydrogen (secondary N) is 2. The van der Waals surface area contributed by atoms with Crippen LogP contribution in [0.4, 0.5) is 5.69 Å². The fourth-order valence-electron chi connectivity index (χ4n) is 1.90. The minimum atomic E-state index is -0.477. The van der Waals surface area contributed by atoms with E-state index in [1.54, 1.807) is 20.1 Å². The van der Waals surface area contributed by atoms with Gasteiger partial charge in [0.15, 0.2) is 0 Å². The molecule has 0 aliphatic heterocycles. The molecule has 0 spiro atoms. The summed E-state index contributed by atoms with van der Waals surface area (Å²) < 4.78 is 5.24. The van der Waals surface area contributed by atoms with Crippen molar-refractivity contribution in [3.8, 4) is 5.75 Å². The van der Waals surface area contributed by atoms with Gasteiger partial charge in [0.05, 0.1) is 19.0 Å². The van der Waals surface area contributed by atoms with Crippen molar-refractivity contribution in [2.75, 3.05) is 12.4 Å². The molecule has 2 N–H and O–H groups in total. The van der Waals surface area contributed by atoms with Crippen LogP contribution in [0.25, 0.3) is 0 Å². The lowest BCUT2D eigenvalue weighted by molar-refractivity contribution is -0.121. The number of hydrogen-bond acceptors (Lipinski definition) is 4. The number of carbonyl (C=O) groups excluding carboxylic acids is 1. The summed E-state index contributed by atoms with van der Waals surface area (Å²) in [6.07, 6.45) is 1.51. The van der Waals surface area contributed by atoms with Crippen molar-refractivity contribution < 1.29 is 9.53 Å². The number of amides is 1. The lowest BCUT2D eigenvalue weighted by Gasteiger charge is -2.15. The van der Waals surface area contributed by atoms with E-state index in [0.717, 1.165) is 11.3 Å². The zero-order valence-corrected chi connectivity index (χ0v) is 13.7. The van der Waals surface area contributed by atoms with E-state index in [2.05, 4.69) is 15.8 Å². The van der Waals surface area contributed by atoms with Crippen LogP contribution in [0.2, 0.25) is 5.02 Å². The third kappa shape index (κ3) is 4.72. The molecule has 5 nitrogen and oxygen atoms in total. The Hall–Kier alpha value is -2.53. The Bertz CT molecular complexity index is 704. The van der Waals surface area contributed by atoms with Gasteiger partial charge in [-0.15, -0.1) is 0 Å². The van der Waals surface area contributed by atoms with E-state index in [4.69, 9.17) is 16.3 Å². The highest BCUT2D eigenvalue weighted by molar-refractivity contribution is 6.33. The topological polar surface area (TPSA) is 62.7 Å². The number of anilines is 1. The van der Waals surface area contributed by atoms with E-state index in [9.17, 15) is 4.79 Å². The highest BCUT2D eigenvalue weighted by atomic mass is 35.5. The largest absolute Gasteiger partial charge is 0.495 e. The van der Waals surface area contributed by atoms with Gasteiger partial charge in [-0.25, -0.2) is 5.43 Å². The second kappa shape index (κ2) is 8.19. The van der Waals surface area contributed by atoms with Gasteiger partial charge in [-0.05, 0) is 25.1 Å². The highest BCUT2D eigenvalue weighted by Gasteiger charge is 2.13. The summed E-state index contributed by atoms with van der Waals surface area (Å²) in [4.78, 5) is 12.1. The SMILES string of the molecule is COc1ccccc1NC(C)C(=O)NN=Cc1ccccc1Cl. The average molecular weight is 332 g/mol. The van der Waals surface area contributed by atoms with Crippen LogP contribution in [0.1, 0.15) is 12.5 Å². The summed E-state index contributed by atoms with van der Waals surface area (Å²) >= 11 is 6.01. The van der Waals surface area contributed by atoms with Gasteiger partial charge in [0.2, 0.25) is 0 Å². The van der Waals surface area contributed by atoms with Crippen LogP contribution in [0.5, 0.6) is 5.75 Å². The number of halogens is 1. The molecule has 0 aliphatic rings. The molecule has 0 saturated heterocycles. The number of carbonyl (C=O) groups is 1. The van der Waals surface area contributed by atoms with Gasteiger partial charge in [0.25, 0.3) is 5.91 Å². The van der Waals surface area contributed by atoms with Crippen LogP contribution in [-0.4, -0.2) is 25.3 Å². The Morgan fingerprint density at radius 3 is 2.65 bits per heavy atom. The predicted molar refractivity (Wildman–Crippen MR) is 93.3 cm³/mol. The molecule has 23 heavy (non-hydrogen) atoms. The third-order valence-electron chi connectivity index (χ3n) is 3.16. The molecule has 0 radical (unpaired) electrons. The Morgan fingerprint density at radius 1 is 1.22 bits per heavy atom. The van der Waals surface area contributed by atoms with Gasteiger partial charge in [0.1, 0.15) is 11.8 Å². The minimum absolute atomic E-state index is 0.265. The third-order valence-corrected chi connectivity index (χ3v) is 3.50. The van der Waals surface area contributed by atoms with E-state index >= 15 is 0 Å². The summed E-state index contributed by atoms with van der Waals surface area (Å²) in [5.41, 5.74) is 3.96. The lowest BCUT2D eigenvalue weighted by Crippen LogP contribution is -2.35. The molecular weight excluding hydrogens is 314 g/mol. The molecule has 2 aromatic rings. The van der Waals surface area contributed by atoms with Crippen LogP contribution in [0, 0.1) is 0 Å². The standard InChI is InChI=1S/C17H18ClN3O2/c1-12(20-15-9-5-6-10-16(15)23-2)17(22)21-19-11-13-7-3-4-8-14(13)18/h3-12,20H,1-2H3,(H,21,22). The number of para-hydroxylation sites is 2. The molecule has 0 heterocycles. The van der Waals surface area contributed by atoms with Crippen molar-refractivity contribution in [2.45, 2.75) is 13.0 Å². The van der Waals surface area contributed by atoms with Crippen molar-refractivity contribution in [3.05, 3.63) is 59.1 Å². The van der Waals surface area contributed by atoms with E-state index in [1.165, 1.54) is 6.21 Å². The van der Waals surface area contributed by atoms with Gasteiger partial charge in [-0.1, -0.05) is 41.9 Å². The Balaban J connectivity index is 1.94. The molecule has 2 aromatic carbocycles. The lowest BCUT2D eigenvalue weighted by atomic mass is 10.2. The van der Waals surface area contributed by atoms with Crippen LogP contribution in [-0.2, 0) is 4.79 Å². The first-order valence-corrected chi connectivity index (χ1v) is 7.46. The molecule has 1 amide bonds. The zero-order chi connectivity index (χ0) is 16.7. The Kier molecular flexibility index (Phi) is 6.00. The first-order valence-electron chi connectivity index (χ1n) is 7.09. The van der Waals surface area contributed by atoms with E-state index in [-0.39, 0.29) is 5.91 Å². The van der Waals surface area contributed by atoms with Crippen LogP contribution in [0.15, 0.2) is 53.6 Å². The first kappa shape index (κ1) is 16.8. The monoisotopic (exact) mass is 331 g/mol. The normalized spacial score (nSPS) is 12.0. The van der Waals surface area contributed by atoms with Gasteiger partial charge in [0, 0.05) is 10.6 Å². The summed E-state index contributed by atoms with van der Waals surface area (Å²) in [5, 5.41) is 7.59. The molecule has 2 rings (SSSR count). The van der Waals surface area contributed by atoms with Crippen LogP contribution < -0.4 is 15.5 Å². The molecule has 0 fully saturated rings. The molecule has 0 saturated carbocycles. The number of methoxy groups -OCH3 is 1. The molecule has 0 aliphatic carbocycles. The first-order chi connectivity index (χ1) is 11.1. The Morgan fingerprint density at radius 2 is 1.91 bits per heavy atom. The number of rotatable bonds is 6. The van der Waals surface area contributed by atoms with Gasteiger partial charge in [-0.3, -0.25) is 4.79 Å². The Labute approximate surface area is 140 Å². The molecule has 6 heteroatoms. The quantitative estimate of drug-likeness (QED) is 0.630. The predicted octanol–water partition coefficient (Wildman–Crippen LogP) is 3.30. The van der Waals surface area contributed by atoms with Crippen molar-refractivity contribution in [3.63, 3.8) is 0 Å². The summed E-state index contributed by atoms with van der Waals surface area (Å²) in [6.45, 7) is 1.74. The van der Waals surface area contributed by atoms with Crippen molar-refractivity contribution >= 4 is 29.4 Å². The van der Waals surface area contributed by atoms with Crippen LogP contribution in [0.3, 0.4) is 0 Å². The van der Waals surface area contributed by atoms with E-state index in [0.29, 0.717) is 10.8 Å². The van der Waals surface area contributed by atoms with Gasteiger partial charge in [-0.2, -0.15) is 5.10 Å². The fraction of sp³-hybridized carbons (Fsp3) is 0.176. The maximum atomic E-state index is 12.1. The van der Waals surface area contributed by atoms with Crippen molar-refractivity contribution in [1.29, 1.82) is 0 Å². The average Bonchev–Trinajstić information content (AvgIpc) is 2.57. The second-order valence-electron chi connectivity index (χ2n) is 4.82. The van der Waals surface area contributed by atoms with Crippen LogP contribution >= 0.6 is 11.6 Å². The minimum Gasteiger partial charge on any atom is -0.495 e. The maximum absolute atomic E-state index is 12.1. The molecule has 0 aromatic heterocycles. The number of hydrogen-bond donors (Lipinski definition) is 2. The fourth-order valence-corrected chi connectivity index (χ4v) is 2.09. The molecule has 1 unspecified atom stereocenters. The number of benzene rings is 2. The van der Waals surface area contributed by atoms with E-state index in [1.807, 2.05) is 42.5 Å². The molecule has 0 bridgehead atoms. The number of nitrogens with zero attached hydrogens (tertiary/aromatic N) is 1. The highest BCUT2D eigenvalue weighted by Crippen LogP contribution is 2.23. The summed E-state index contributed by atoms with van der Waals surface area (Å²) in [6, 6.07) is 14.2. The summed E-state index contributed by atoms with van der Waals surface area (Å²) in [5.74, 6) is 0.408. The molecular formula is C17H18ClN3O2. The smallest absolute Gasteiger partial charge is 0.262 e. The summed E-state index contributed by atoms with van der Waals surface area (Å²) in [7, 11) is 1.58. The van der Waals surface area contributed by atoms with Crippen molar-refractivity contribution in [2.24, 2.45) is 5.10 Å². The number of ether oxygens (including phenoxy) is 1. The van der Waals surface area contributed by atoms with Gasteiger partial charge < -0.3 is 10.1 Å². The van der Waals surface area contributed by atoms with Gasteiger partial charge >= 0.3 is 0 Å². The maximum Gasteiger partial charge on any atom is 0.262 e. The number of hydrazone groups is 1. The molecule has 1 atom stereocenters.